The first-order chi connectivity index (χ1) is 4.20. The Labute approximate surface area is 52.1 Å². The van der Waals surface area contributed by atoms with Crippen molar-refractivity contribution in [2.45, 2.75) is 6.92 Å². The lowest BCUT2D eigenvalue weighted by atomic mass is 10.2. The molecule has 1 rings (SSSR count). The van der Waals surface area contributed by atoms with E-state index in [0.29, 0.717) is 5.56 Å². The highest BCUT2D eigenvalue weighted by molar-refractivity contribution is 5.14. The fourth-order valence-corrected chi connectivity index (χ4v) is 0.516. The minimum absolute atomic E-state index is 0.413. The van der Waals surface area contributed by atoms with E-state index in [2.05, 4.69) is 0 Å². The van der Waals surface area contributed by atoms with E-state index >= 15 is 0 Å². The summed E-state index contributed by atoms with van der Waals surface area (Å²) in [7, 11) is 0. The predicted molar refractivity (Wildman–Crippen MR) is 29.9 cm³/mol. The standard InChI is InChI=1S/C7H5F2/c1-5-2-3-6(8)4-7(5)9/h2-3H,1H3. The molecule has 9 heavy (non-hydrogen) atoms. The molecule has 2 heteroatoms. The lowest BCUT2D eigenvalue weighted by Gasteiger charge is -1.91. The Morgan fingerprint density at radius 1 is 1.33 bits per heavy atom. The number of hydrogen-bond acceptors (Lipinski definition) is 0. The molecule has 1 radical (unpaired) electrons. The van der Waals surface area contributed by atoms with Crippen LogP contribution < -0.4 is 0 Å². The van der Waals surface area contributed by atoms with Crippen LogP contribution in [0.3, 0.4) is 0 Å². The molecule has 0 saturated carbocycles. The quantitative estimate of drug-likeness (QED) is 0.500. The van der Waals surface area contributed by atoms with Crippen LogP contribution in [0, 0.1) is 24.6 Å². The summed E-state index contributed by atoms with van der Waals surface area (Å²) in [5.74, 6) is -1.27. The molecule has 0 fully saturated rings. The second-order valence-corrected chi connectivity index (χ2v) is 1.80. The fraction of sp³-hybridized carbons (Fsp3) is 0.143. The van der Waals surface area contributed by atoms with Gasteiger partial charge < -0.3 is 0 Å². The zero-order chi connectivity index (χ0) is 6.85. The van der Waals surface area contributed by atoms with Crippen molar-refractivity contribution < 1.29 is 8.78 Å². The Hall–Kier alpha value is -0.920. The SMILES string of the molecule is Cc1ccc(F)[c]c1F. The van der Waals surface area contributed by atoms with E-state index in [1.807, 2.05) is 6.07 Å². The van der Waals surface area contributed by atoms with Crippen LogP contribution >= 0.6 is 0 Å². The van der Waals surface area contributed by atoms with E-state index in [1.54, 1.807) is 6.92 Å². The molecule has 0 aliphatic heterocycles. The molecule has 47 valence electrons. The largest absolute Gasteiger partial charge is 0.206 e. The summed E-state index contributed by atoms with van der Waals surface area (Å²) in [4.78, 5) is 0. The molecule has 1 aromatic carbocycles. The summed E-state index contributed by atoms with van der Waals surface area (Å²) in [5, 5.41) is 0. The Balaban J connectivity index is 3.17. The third-order valence-corrected chi connectivity index (χ3v) is 1.06. The van der Waals surface area contributed by atoms with E-state index in [4.69, 9.17) is 0 Å². The molecule has 0 nitrogen and oxygen atoms in total. The van der Waals surface area contributed by atoms with Crippen molar-refractivity contribution in [3.05, 3.63) is 35.4 Å². The van der Waals surface area contributed by atoms with Crippen LogP contribution in [0.5, 0.6) is 0 Å². The van der Waals surface area contributed by atoms with Gasteiger partial charge in [-0.3, -0.25) is 0 Å². The Morgan fingerprint density at radius 3 is 2.44 bits per heavy atom. The first-order valence-electron chi connectivity index (χ1n) is 2.54. The molecule has 0 aromatic heterocycles. The molecule has 0 N–H and O–H groups in total. The van der Waals surface area contributed by atoms with Gasteiger partial charge in [-0.2, -0.15) is 0 Å². The molecule has 0 aliphatic carbocycles. The van der Waals surface area contributed by atoms with Crippen molar-refractivity contribution in [3.8, 4) is 0 Å². The van der Waals surface area contributed by atoms with Gasteiger partial charge in [0.2, 0.25) is 0 Å². The van der Waals surface area contributed by atoms with E-state index in [-0.39, 0.29) is 0 Å². The number of aryl methyl sites for hydroxylation is 1. The smallest absolute Gasteiger partial charge is 0.137 e. The minimum Gasteiger partial charge on any atom is -0.206 e. The van der Waals surface area contributed by atoms with Crippen LogP contribution in [0.2, 0.25) is 0 Å². The Bertz CT molecular complexity index is 218. The summed E-state index contributed by atoms with van der Waals surface area (Å²) in [6.45, 7) is 1.56. The minimum atomic E-state index is -0.655. The summed E-state index contributed by atoms with van der Waals surface area (Å²) in [6, 6.07) is 4.46. The number of hydrogen-bond donors (Lipinski definition) is 0. The van der Waals surface area contributed by atoms with Crippen LogP contribution in [0.25, 0.3) is 0 Å². The number of benzene rings is 1. The van der Waals surface area contributed by atoms with Crippen LogP contribution in [0.1, 0.15) is 5.56 Å². The number of halogens is 2. The Kier molecular flexibility index (Phi) is 1.47. The van der Waals surface area contributed by atoms with Crippen molar-refractivity contribution >= 4 is 0 Å². The third-order valence-electron chi connectivity index (χ3n) is 1.06. The second-order valence-electron chi connectivity index (χ2n) is 1.80. The molecular weight excluding hydrogens is 122 g/mol. The van der Waals surface area contributed by atoms with Crippen molar-refractivity contribution in [1.82, 2.24) is 0 Å². The van der Waals surface area contributed by atoms with Crippen molar-refractivity contribution in [1.29, 1.82) is 0 Å². The lowest BCUT2D eigenvalue weighted by molar-refractivity contribution is 0.573. The average Bonchev–Trinajstić information content (AvgIpc) is 1.80. The maximum absolute atomic E-state index is 12.3. The van der Waals surface area contributed by atoms with E-state index in [0.717, 1.165) is 0 Å². The molecule has 0 unspecified atom stereocenters. The maximum Gasteiger partial charge on any atom is 0.137 e. The average molecular weight is 127 g/mol. The van der Waals surface area contributed by atoms with Gasteiger partial charge in [0, 0.05) is 0 Å². The highest BCUT2D eigenvalue weighted by Gasteiger charge is 1.96. The summed E-state index contributed by atoms with van der Waals surface area (Å²) < 4.78 is 24.3. The molecular formula is C7H5F2. The third kappa shape index (κ3) is 1.25. The second kappa shape index (κ2) is 2.13. The molecule has 0 aliphatic rings. The normalized spacial score (nSPS) is 9.67. The first kappa shape index (κ1) is 6.20. The molecule has 0 saturated heterocycles. The monoisotopic (exact) mass is 127 g/mol. The Morgan fingerprint density at radius 2 is 2.00 bits per heavy atom. The fourth-order valence-electron chi connectivity index (χ4n) is 0.516. The summed E-state index contributed by atoms with van der Waals surface area (Å²) >= 11 is 0. The van der Waals surface area contributed by atoms with Gasteiger partial charge in [0.25, 0.3) is 0 Å². The van der Waals surface area contributed by atoms with E-state index in [1.165, 1.54) is 12.1 Å². The van der Waals surface area contributed by atoms with Crippen molar-refractivity contribution in [3.63, 3.8) is 0 Å². The van der Waals surface area contributed by atoms with Crippen LogP contribution in [0.15, 0.2) is 12.1 Å². The van der Waals surface area contributed by atoms with E-state index in [9.17, 15) is 8.78 Å². The first-order valence-corrected chi connectivity index (χ1v) is 2.54. The predicted octanol–water partition coefficient (Wildman–Crippen LogP) is 2.07. The van der Waals surface area contributed by atoms with Crippen LogP contribution in [-0.2, 0) is 0 Å². The maximum atomic E-state index is 12.3. The van der Waals surface area contributed by atoms with Crippen molar-refractivity contribution in [2.24, 2.45) is 0 Å². The van der Waals surface area contributed by atoms with Crippen LogP contribution in [0.4, 0.5) is 8.78 Å². The van der Waals surface area contributed by atoms with Gasteiger partial charge in [0.05, 0.1) is 6.07 Å². The highest BCUT2D eigenvalue weighted by atomic mass is 19.1. The molecule has 0 bridgehead atoms. The highest BCUT2D eigenvalue weighted by Crippen LogP contribution is 2.05. The molecule has 0 spiro atoms. The van der Waals surface area contributed by atoms with Gasteiger partial charge in [-0.05, 0) is 18.6 Å². The molecule has 0 atom stereocenters. The zero-order valence-electron chi connectivity index (χ0n) is 4.91. The molecule has 1 aromatic rings. The summed E-state index contributed by atoms with van der Waals surface area (Å²) in [6.07, 6.45) is 0. The topological polar surface area (TPSA) is 0 Å². The molecule has 0 heterocycles. The van der Waals surface area contributed by atoms with Crippen LogP contribution in [-0.4, -0.2) is 0 Å². The zero-order valence-corrected chi connectivity index (χ0v) is 4.91. The molecule has 0 amide bonds. The van der Waals surface area contributed by atoms with Gasteiger partial charge in [0.1, 0.15) is 11.6 Å². The van der Waals surface area contributed by atoms with Gasteiger partial charge in [-0.15, -0.1) is 0 Å². The van der Waals surface area contributed by atoms with Gasteiger partial charge >= 0.3 is 0 Å². The van der Waals surface area contributed by atoms with Crippen molar-refractivity contribution in [2.75, 3.05) is 0 Å². The number of rotatable bonds is 0. The van der Waals surface area contributed by atoms with Gasteiger partial charge in [-0.1, -0.05) is 6.07 Å². The summed E-state index contributed by atoms with van der Waals surface area (Å²) in [5.41, 5.74) is 0.413. The van der Waals surface area contributed by atoms with E-state index < -0.39 is 11.6 Å². The van der Waals surface area contributed by atoms with Gasteiger partial charge in [0.15, 0.2) is 0 Å². The lowest BCUT2D eigenvalue weighted by Crippen LogP contribution is -1.82. The van der Waals surface area contributed by atoms with Gasteiger partial charge in [-0.25, -0.2) is 8.78 Å².